The lowest BCUT2D eigenvalue weighted by Crippen LogP contribution is -2.19. The Balaban J connectivity index is 2.03. The third-order valence-corrected chi connectivity index (χ3v) is 3.37. The Bertz CT molecular complexity index is 528. The van der Waals surface area contributed by atoms with Crippen LogP contribution in [0.4, 0.5) is 0 Å². The van der Waals surface area contributed by atoms with Gasteiger partial charge in [0, 0.05) is 31.4 Å². The lowest BCUT2D eigenvalue weighted by Gasteiger charge is -2.16. The SMILES string of the molecule is Cc1ccccc1[C@H](C)NCc1cn(C)nc1C. The van der Waals surface area contributed by atoms with Gasteiger partial charge in [-0.3, -0.25) is 4.68 Å². The van der Waals surface area contributed by atoms with Crippen LogP contribution < -0.4 is 5.32 Å². The summed E-state index contributed by atoms with van der Waals surface area (Å²) in [5.41, 5.74) is 5.05. The first-order chi connectivity index (χ1) is 8.58. The number of hydrogen-bond acceptors (Lipinski definition) is 2. The standard InChI is InChI=1S/C15H21N3/c1-11-7-5-6-8-15(11)13(3)16-9-14-10-18(4)17-12(14)2/h5-8,10,13,16H,9H2,1-4H3/t13-/m0/s1. The highest BCUT2D eigenvalue weighted by Gasteiger charge is 2.09. The number of nitrogens with one attached hydrogen (secondary N) is 1. The summed E-state index contributed by atoms with van der Waals surface area (Å²) in [7, 11) is 1.96. The second-order valence-electron chi connectivity index (χ2n) is 4.87. The van der Waals surface area contributed by atoms with E-state index in [4.69, 9.17) is 0 Å². The molecule has 0 amide bonds. The van der Waals surface area contributed by atoms with Gasteiger partial charge in [0.15, 0.2) is 0 Å². The van der Waals surface area contributed by atoms with E-state index in [-0.39, 0.29) is 0 Å². The van der Waals surface area contributed by atoms with Crippen LogP contribution in [0.15, 0.2) is 30.5 Å². The minimum Gasteiger partial charge on any atom is -0.306 e. The van der Waals surface area contributed by atoms with E-state index in [2.05, 4.69) is 61.6 Å². The van der Waals surface area contributed by atoms with Crippen LogP contribution in [0.3, 0.4) is 0 Å². The van der Waals surface area contributed by atoms with Crippen molar-refractivity contribution >= 4 is 0 Å². The van der Waals surface area contributed by atoms with Gasteiger partial charge in [0.25, 0.3) is 0 Å². The summed E-state index contributed by atoms with van der Waals surface area (Å²) in [5.74, 6) is 0. The zero-order valence-electron chi connectivity index (χ0n) is 11.6. The number of benzene rings is 1. The van der Waals surface area contributed by atoms with Crippen molar-refractivity contribution in [3.8, 4) is 0 Å². The van der Waals surface area contributed by atoms with Gasteiger partial charge < -0.3 is 5.32 Å². The van der Waals surface area contributed by atoms with Crippen LogP contribution in [0.1, 0.15) is 35.3 Å². The molecule has 3 nitrogen and oxygen atoms in total. The Morgan fingerprint density at radius 2 is 2.00 bits per heavy atom. The van der Waals surface area contributed by atoms with Crippen molar-refractivity contribution in [2.24, 2.45) is 7.05 Å². The zero-order valence-corrected chi connectivity index (χ0v) is 11.6. The number of nitrogens with zero attached hydrogens (tertiary/aromatic N) is 2. The van der Waals surface area contributed by atoms with E-state index >= 15 is 0 Å². The molecule has 0 aliphatic carbocycles. The molecule has 1 aromatic carbocycles. The van der Waals surface area contributed by atoms with Crippen LogP contribution in [0.5, 0.6) is 0 Å². The molecule has 0 spiro atoms. The highest BCUT2D eigenvalue weighted by atomic mass is 15.2. The molecule has 1 atom stereocenters. The Hall–Kier alpha value is -1.61. The summed E-state index contributed by atoms with van der Waals surface area (Å²) >= 11 is 0. The van der Waals surface area contributed by atoms with E-state index in [0.29, 0.717) is 6.04 Å². The molecule has 0 radical (unpaired) electrons. The molecule has 0 unspecified atom stereocenters. The van der Waals surface area contributed by atoms with Gasteiger partial charge in [-0.2, -0.15) is 5.10 Å². The van der Waals surface area contributed by atoms with Crippen molar-refractivity contribution in [3.63, 3.8) is 0 Å². The molecule has 18 heavy (non-hydrogen) atoms. The van der Waals surface area contributed by atoms with Crippen molar-refractivity contribution in [1.29, 1.82) is 0 Å². The van der Waals surface area contributed by atoms with Crippen LogP contribution in [0, 0.1) is 13.8 Å². The van der Waals surface area contributed by atoms with Gasteiger partial charge in [-0.15, -0.1) is 0 Å². The van der Waals surface area contributed by atoms with Gasteiger partial charge in [-0.25, -0.2) is 0 Å². The van der Waals surface area contributed by atoms with Crippen molar-refractivity contribution in [1.82, 2.24) is 15.1 Å². The molecule has 0 bridgehead atoms. The highest BCUT2D eigenvalue weighted by Crippen LogP contribution is 2.17. The molecule has 0 aliphatic rings. The number of aromatic nitrogens is 2. The minimum atomic E-state index is 0.353. The molecule has 1 aromatic heterocycles. The Labute approximate surface area is 109 Å². The fourth-order valence-corrected chi connectivity index (χ4v) is 2.27. The van der Waals surface area contributed by atoms with E-state index in [0.717, 1.165) is 12.2 Å². The van der Waals surface area contributed by atoms with E-state index in [9.17, 15) is 0 Å². The average molecular weight is 243 g/mol. The van der Waals surface area contributed by atoms with Crippen LogP contribution in [0.25, 0.3) is 0 Å². The summed E-state index contributed by atoms with van der Waals surface area (Å²) in [4.78, 5) is 0. The smallest absolute Gasteiger partial charge is 0.0638 e. The molecule has 0 fully saturated rings. The van der Waals surface area contributed by atoms with E-state index in [1.54, 1.807) is 0 Å². The van der Waals surface area contributed by atoms with E-state index in [1.807, 2.05) is 11.7 Å². The minimum absolute atomic E-state index is 0.353. The van der Waals surface area contributed by atoms with Gasteiger partial charge in [0.2, 0.25) is 0 Å². The number of hydrogen-bond donors (Lipinski definition) is 1. The predicted molar refractivity (Wildman–Crippen MR) is 74.4 cm³/mol. The summed E-state index contributed by atoms with van der Waals surface area (Å²) in [6.07, 6.45) is 2.08. The lowest BCUT2D eigenvalue weighted by molar-refractivity contribution is 0.571. The Morgan fingerprint density at radius 1 is 1.28 bits per heavy atom. The summed E-state index contributed by atoms with van der Waals surface area (Å²) in [5, 5.41) is 7.91. The van der Waals surface area contributed by atoms with Crippen molar-refractivity contribution in [3.05, 3.63) is 52.8 Å². The predicted octanol–water partition coefficient (Wildman–Crippen LogP) is 2.89. The third kappa shape index (κ3) is 2.79. The van der Waals surface area contributed by atoms with Crippen LogP contribution in [-0.4, -0.2) is 9.78 Å². The van der Waals surface area contributed by atoms with Crippen molar-refractivity contribution in [2.75, 3.05) is 0 Å². The van der Waals surface area contributed by atoms with Gasteiger partial charge in [-0.05, 0) is 31.9 Å². The zero-order chi connectivity index (χ0) is 13.1. The molecular weight excluding hydrogens is 222 g/mol. The molecule has 1 heterocycles. The first kappa shape index (κ1) is 12.8. The largest absolute Gasteiger partial charge is 0.306 e. The molecule has 2 aromatic rings. The Kier molecular flexibility index (Phi) is 3.82. The fraction of sp³-hybridized carbons (Fsp3) is 0.400. The molecular formula is C15H21N3. The van der Waals surface area contributed by atoms with Gasteiger partial charge in [-0.1, -0.05) is 24.3 Å². The fourth-order valence-electron chi connectivity index (χ4n) is 2.27. The maximum absolute atomic E-state index is 4.36. The van der Waals surface area contributed by atoms with Gasteiger partial charge >= 0.3 is 0 Å². The Morgan fingerprint density at radius 3 is 2.61 bits per heavy atom. The molecule has 0 saturated heterocycles. The van der Waals surface area contributed by atoms with Crippen molar-refractivity contribution in [2.45, 2.75) is 33.4 Å². The van der Waals surface area contributed by atoms with Gasteiger partial charge in [0.05, 0.1) is 5.69 Å². The summed E-state index contributed by atoms with van der Waals surface area (Å²) < 4.78 is 1.87. The molecule has 96 valence electrons. The van der Waals surface area contributed by atoms with Crippen LogP contribution in [-0.2, 0) is 13.6 Å². The van der Waals surface area contributed by atoms with Crippen molar-refractivity contribution < 1.29 is 0 Å². The number of aryl methyl sites for hydroxylation is 3. The molecule has 2 rings (SSSR count). The maximum atomic E-state index is 4.36. The molecule has 1 N–H and O–H groups in total. The topological polar surface area (TPSA) is 29.9 Å². The highest BCUT2D eigenvalue weighted by molar-refractivity contribution is 5.28. The number of rotatable bonds is 4. The van der Waals surface area contributed by atoms with Crippen LogP contribution >= 0.6 is 0 Å². The second kappa shape index (κ2) is 5.36. The first-order valence-electron chi connectivity index (χ1n) is 6.36. The second-order valence-corrected chi connectivity index (χ2v) is 4.87. The normalized spacial score (nSPS) is 12.7. The quantitative estimate of drug-likeness (QED) is 0.895. The average Bonchev–Trinajstić information content (AvgIpc) is 2.65. The molecule has 0 saturated carbocycles. The van der Waals surface area contributed by atoms with E-state index < -0.39 is 0 Å². The summed E-state index contributed by atoms with van der Waals surface area (Å²) in [6.45, 7) is 7.27. The molecule has 0 aliphatic heterocycles. The third-order valence-electron chi connectivity index (χ3n) is 3.37. The monoisotopic (exact) mass is 243 g/mol. The molecule has 3 heteroatoms. The first-order valence-corrected chi connectivity index (χ1v) is 6.36. The van der Waals surface area contributed by atoms with Gasteiger partial charge in [0.1, 0.15) is 0 Å². The summed E-state index contributed by atoms with van der Waals surface area (Å²) in [6, 6.07) is 8.87. The lowest BCUT2D eigenvalue weighted by atomic mass is 10.0. The van der Waals surface area contributed by atoms with Crippen LogP contribution in [0.2, 0.25) is 0 Å². The van der Waals surface area contributed by atoms with E-state index in [1.165, 1.54) is 16.7 Å². The maximum Gasteiger partial charge on any atom is 0.0638 e.